The van der Waals surface area contributed by atoms with Gasteiger partial charge in [-0.15, -0.1) is 0 Å². The minimum absolute atomic E-state index is 0.0831. The second kappa shape index (κ2) is 11.9. The molecule has 0 aliphatic carbocycles. The number of ether oxygens (including phenoxy) is 4. The van der Waals surface area contributed by atoms with Gasteiger partial charge in [0.25, 0.3) is 0 Å². The predicted molar refractivity (Wildman–Crippen MR) is 150 cm³/mol. The van der Waals surface area contributed by atoms with E-state index in [4.69, 9.17) is 23.5 Å². The minimum atomic E-state index is -1.18. The van der Waals surface area contributed by atoms with Crippen molar-refractivity contribution in [1.29, 1.82) is 0 Å². The van der Waals surface area contributed by atoms with Gasteiger partial charge in [-0.3, -0.25) is 4.79 Å². The van der Waals surface area contributed by atoms with E-state index in [9.17, 15) is 4.79 Å². The van der Waals surface area contributed by atoms with Gasteiger partial charge in [0.15, 0.2) is 5.79 Å². The van der Waals surface area contributed by atoms with Crippen LogP contribution in [0.1, 0.15) is 26.3 Å². The molecule has 2 aliphatic rings. The average Bonchev–Trinajstić information content (AvgIpc) is 3.24. The lowest BCUT2D eigenvalue weighted by Crippen LogP contribution is -2.57. The SMILES string of the molecule is CC(=O)OC[C@H]1O[C@@H](Sc2ccc(C)cc2)[C@H](OP(c2ccccc2)c2ccccc2)C2OC(C)(C)OC21. The molecule has 0 spiro atoms. The first kappa shape index (κ1) is 27.3. The Labute approximate surface area is 229 Å². The van der Waals surface area contributed by atoms with Gasteiger partial charge in [0.1, 0.15) is 36.5 Å². The number of carbonyl (C=O) groups excluding carboxylic acids is 1. The van der Waals surface area contributed by atoms with Crippen LogP contribution in [0.4, 0.5) is 0 Å². The summed E-state index contributed by atoms with van der Waals surface area (Å²) in [6, 6.07) is 28.9. The summed E-state index contributed by atoms with van der Waals surface area (Å²) in [6.45, 7) is 7.33. The highest BCUT2D eigenvalue weighted by Gasteiger charge is 2.57. The summed E-state index contributed by atoms with van der Waals surface area (Å²) in [4.78, 5) is 12.7. The van der Waals surface area contributed by atoms with Gasteiger partial charge in [0.05, 0.1) is 8.15 Å². The van der Waals surface area contributed by atoms with E-state index in [-0.39, 0.29) is 12.6 Å². The molecule has 2 saturated heterocycles. The van der Waals surface area contributed by atoms with Gasteiger partial charge in [-0.05, 0) is 32.9 Å². The molecule has 2 heterocycles. The fraction of sp³-hybridized carbons (Fsp3) is 0.367. The van der Waals surface area contributed by atoms with Crippen molar-refractivity contribution in [2.24, 2.45) is 0 Å². The molecule has 0 aromatic heterocycles. The second-order valence-corrected chi connectivity index (χ2v) is 12.9. The number of fused-ring (bicyclic) bond motifs is 1. The summed E-state index contributed by atoms with van der Waals surface area (Å²) in [5.41, 5.74) is 0.764. The normalized spacial score (nSPS) is 26.2. The Morgan fingerprint density at radius 3 is 2.05 bits per heavy atom. The van der Waals surface area contributed by atoms with Crippen molar-refractivity contribution in [2.75, 3.05) is 6.61 Å². The Morgan fingerprint density at radius 2 is 1.47 bits per heavy atom. The molecular formula is C30H33O6PS. The molecule has 8 heteroatoms. The topological polar surface area (TPSA) is 63.2 Å². The lowest BCUT2D eigenvalue weighted by Gasteiger charge is -2.42. The van der Waals surface area contributed by atoms with Crippen LogP contribution in [0, 0.1) is 6.92 Å². The molecule has 0 saturated carbocycles. The Balaban J connectivity index is 1.52. The quantitative estimate of drug-likeness (QED) is 0.277. The van der Waals surface area contributed by atoms with Gasteiger partial charge >= 0.3 is 5.97 Å². The Bertz CT molecular complexity index is 1170. The van der Waals surface area contributed by atoms with E-state index in [0.717, 1.165) is 15.5 Å². The number of carbonyl (C=O) groups is 1. The zero-order valence-electron chi connectivity index (χ0n) is 22.0. The van der Waals surface area contributed by atoms with Crippen LogP contribution in [0.3, 0.4) is 0 Å². The van der Waals surface area contributed by atoms with E-state index in [1.54, 1.807) is 11.8 Å². The van der Waals surface area contributed by atoms with E-state index in [1.165, 1.54) is 12.5 Å². The van der Waals surface area contributed by atoms with Crippen LogP contribution in [-0.2, 0) is 28.3 Å². The lowest BCUT2D eigenvalue weighted by molar-refractivity contribution is -0.175. The van der Waals surface area contributed by atoms with Crippen LogP contribution >= 0.6 is 19.9 Å². The second-order valence-electron chi connectivity index (χ2n) is 9.88. The van der Waals surface area contributed by atoms with E-state index in [2.05, 4.69) is 55.5 Å². The summed E-state index contributed by atoms with van der Waals surface area (Å²) in [6.07, 6.45) is -1.81. The molecule has 5 atom stereocenters. The Morgan fingerprint density at radius 1 is 0.895 bits per heavy atom. The number of aryl methyl sites for hydroxylation is 1. The van der Waals surface area contributed by atoms with Gasteiger partial charge in [-0.1, -0.05) is 90.1 Å². The van der Waals surface area contributed by atoms with Crippen molar-refractivity contribution >= 4 is 36.5 Å². The van der Waals surface area contributed by atoms with Crippen molar-refractivity contribution in [3.8, 4) is 0 Å². The molecule has 6 nitrogen and oxygen atoms in total. The number of hydrogen-bond acceptors (Lipinski definition) is 7. The zero-order chi connectivity index (χ0) is 26.7. The van der Waals surface area contributed by atoms with E-state index >= 15 is 0 Å². The summed E-state index contributed by atoms with van der Waals surface area (Å²) in [7, 11) is -1.18. The number of hydrogen-bond donors (Lipinski definition) is 0. The summed E-state index contributed by atoms with van der Waals surface area (Å²) >= 11 is 1.59. The fourth-order valence-corrected chi connectivity index (χ4v) is 7.74. The zero-order valence-corrected chi connectivity index (χ0v) is 23.7. The number of thioether (sulfide) groups is 1. The van der Waals surface area contributed by atoms with Crippen LogP contribution in [0.25, 0.3) is 0 Å². The fourth-order valence-electron chi connectivity index (χ4n) is 4.65. The standard InChI is InChI=1S/C30H33O6PS/c1-20-15-17-24(18-16-20)38-29-28(27-26(34-30(3,4)35-27)25(33-29)19-32-21(2)31)36-37(22-11-7-5-8-12-22)23-13-9-6-10-14-23/h5-18,25-29H,19H2,1-4H3/t25-,26?,27?,28-,29+/m1/s1. The van der Waals surface area contributed by atoms with Crippen LogP contribution < -0.4 is 10.6 Å². The summed E-state index contributed by atoms with van der Waals surface area (Å²) in [5, 5.41) is 2.20. The molecule has 3 aromatic rings. The molecule has 38 heavy (non-hydrogen) atoms. The maximum Gasteiger partial charge on any atom is 0.302 e. The summed E-state index contributed by atoms with van der Waals surface area (Å²) in [5.74, 6) is -1.19. The molecular weight excluding hydrogens is 519 g/mol. The minimum Gasteiger partial charge on any atom is -0.463 e. The van der Waals surface area contributed by atoms with Gasteiger partial charge in [-0.2, -0.15) is 0 Å². The van der Waals surface area contributed by atoms with Gasteiger partial charge < -0.3 is 23.5 Å². The molecule has 3 aromatic carbocycles. The van der Waals surface area contributed by atoms with Crippen molar-refractivity contribution in [1.82, 2.24) is 0 Å². The number of benzene rings is 3. The van der Waals surface area contributed by atoms with Gasteiger partial charge in [0, 0.05) is 22.4 Å². The molecule has 200 valence electrons. The smallest absolute Gasteiger partial charge is 0.302 e. The monoisotopic (exact) mass is 552 g/mol. The van der Waals surface area contributed by atoms with E-state index < -0.39 is 43.8 Å². The predicted octanol–water partition coefficient (Wildman–Crippen LogP) is 5.33. The average molecular weight is 553 g/mol. The van der Waals surface area contributed by atoms with Crippen LogP contribution in [0.15, 0.2) is 89.8 Å². The van der Waals surface area contributed by atoms with E-state index in [0.29, 0.717) is 0 Å². The highest BCUT2D eigenvalue weighted by atomic mass is 32.2. The molecule has 0 bridgehead atoms. The highest BCUT2D eigenvalue weighted by molar-refractivity contribution is 7.99. The van der Waals surface area contributed by atoms with Crippen LogP contribution in [0.5, 0.6) is 0 Å². The van der Waals surface area contributed by atoms with Crippen molar-refractivity contribution in [2.45, 2.75) is 68.2 Å². The third kappa shape index (κ3) is 6.48. The van der Waals surface area contributed by atoms with Crippen LogP contribution in [0.2, 0.25) is 0 Å². The summed E-state index contributed by atoms with van der Waals surface area (Å²) < 4.78 is 31.9. The van der Waals surface area contributed by atoms with Crippen LogP contribution in [-0.4, -0.2) is 48.2 Å². The van der Waals surface area contributed by atoms with Crippen molar-refractivity contribution in [3.63, 3.8) is 0 Å². The third-order valence-electron chi connectivity index (χ3n) is 6.36. The Kier molecular flexibility index (Phi) is 8.53. The maximum atomic E-state index is 11.7. The number of esters is 1. The molecule has 0 amide bonds. The molecule has 0 radical (unpaired) electrons. The molecule has 2 unspecified atom stereocenters. The molecule has 5 rings (SSSR count). The first-order chi connectivity index (χ1) is 18.3. The largest absolute Gasteiger partial charge is 0.463 e. The third-order valence-corrected chi connectivity index (χ3v) is 9.51. The molecule has 2 fully saturated rings. The first-order valence-electron chi connectivity index (χ1n) is 12.7. The lowest BCUT2D eigenvalue weighted by atomic mass is 10.0. The Hall–Kier alpha value is -2.25. The number of rotatable bonds is 8. The first-order valence-corrected chi connectivity index (χ1v) is 14.9. The maximum absolute atomic E-state index is 11.7. The van der Waals surface area contributed by atoms with Crippen molar-refractivity contribution in [3.05, 3.63) is 90.5 Å². The van der Waals surface area contributed by atoms with Gasteiger partial charge in [0.2, 0.25) is 0 Å². The molecule has 0 N–H and O–H groups in total. The molecule has 2 aliphatic heterocycles. The highest BCUT2D eigenvalue weighted by Crippen LogP contribution is 2.48. The van der Waals surface area contributed by atoms with E-state index in [1.807, 2.05) is 50.2 Å². The van der Waals surface area contributed by atoms with Gasteiger partial charge in [-0.25, -0.2) is 0 Å². The van der Waals surface area contributed by atoms with Crippen molar-refractivity contribution < 1.29 is 28.3 Å².